The Morgan fingerprint density at radius 3 is 2.80 bits per heavy atom. The molecule has 1 aliphatic heterocycles. The predicted octanol–water partition coefficient (Wildman–Crippen LogP) is 3.56. The van der Waals surface area contributed by atoms with Crippen molar-refractivity contribution in [3.8, 4) is 21.3 Å². The summed E-state index contributed by atoms with van der Waals surface area (Å²) in [6.45, 7) is 3.44. The first-order valence-corrected chi connectivity index (χ1v) is 6.54. The molecule has 2 aromatic rings. The molecule has 4 heteroatoms. The van der Waals surface area contributed by atoms with Crippen LogP contribution in [0, 0.1) is 6.92 Å². The van der Waals surface area contributed by atoms with Gasteiger partial charge < -0.3 is 9.47 Å². The lowest BCUT2D eigenvalue weighted by Gasteiger charge is -2.15. The average Bonchev–Trinajstić information content (AvgIpc) is 2.83. The number of aryl methyl sites for hydroxylation is 1. The van der Waals surface area contributed by atoms with Gasteiger partial charge in [0.15, 0.2) is 11.5 Å². The highest BCUT2D eigenvalue weighted by atomic mass is 32.1. The van der Waals surface area contributed by atoms with Gasteiger partial charge in [0.2, 0.25) is 0 Å². The summed E-state index contributed by atoms with van der Waals surface area (Å²) in [4.78, 5) is 2.50. The predicted molar refractivity (Wildman–Crippen MR) is 63.4 cm³/mol. The lowest BCUT2D eigenvalue weighted by Crippen LogP contribution is -2.14. The number of hydrogen-bond acceptors (Lipinski definition) is 4. The molecule has 0 N–H and O–H groups in total. The second-order valence-electron chi connectivity index (χ2n) is 3.39. The van der Waals surface area contributed by atoms with Crippen LogP contribution in [0.4, 0.5) is 0 Å². The van der Waals surface area contributed by atoms with Crippen molar-refractivity contribution in [1.82, 2.24) is 0 Å². The largest absolute Gasteiger partial charge is 0.485 e. The summed E-state index contributed by atoms with van der Waals surface area (Å²) >= 11 is 3.45. The van der Waals surface area contributed by atoms with Crippen LogP contribution in [0.25, 0.3) is 9.75 Å². The Labute approximate surface area is 96.1 Å². The van der Waals surface area contributed by atoms with Gasteiger partial charge in [-0.2, -0.15) is 0 Å². The molecule has 3 heterocycles. The van der Waals surface area contributed by atoms with E-state index < -0.39 is 0 Å². The summed E-state index contributed by atoms with van der Waals surface area (Å²) in [6, 6.07) is 2.13. The van der Waals surface area contributed by atoms with Crippen molar-refractivity contribution in [3.05, 3.63) is 22.4 Å². The van der Waals surface area contributed by atoms with Crippen molar-refractivity contribution in [1.29, 1.82) is 0 Å². The van der Waals surface area contributed by atoms with Gasteiger partial charge in [-0.3, -0.25) is 0 Å². The van der Waals surface area contributed by atoms with E-state index in [4.69, 9.17) is 9.47 Å². The fourth-order valence-corrected chi connectivity index (χ4v) is 3.71. The summed E-state index contributed by atoms with van der Waals surface area (Å²) in [5.41, 5.74) is 1.30. The van der Waals surface area contributed by atoms with Crippen molar-refractivity contribution in [3.63, 3.8) is 0 Å². The topological polar surface area (TPSA) is 18.5 Å². The van der Waals surface area contributed by atoms with E-state index in [1.165, 1.54) is 15.3 Å². The summed E-state index contributed by atoms with van der Waals surface area (Å²) in [5, 5.41) is 4.14. The Hall–Kier alpha value is -1.00. The summed E-state index contributed by atoms with van der Waals surface area (Å²) in [5.74, 6) is 1.82. The zero-order valence-electron chi connectivity index (χ0n) is 8.28. The molecule has 0 saturated heterocycles. The smallest absolute Gasteiger partial charge is 0.180 e. The molecule has 0 atom stereocenters. The monoisotopic (exact) mass is 238 g/mol. The van der Waals surface area contributed by atoms with Crippen LogP contribution in [0.1, 0.15) is 5.56 Å². The first-order chi connectivity index (χ1) is 7.36. The molecule has 0 radical (unpaired) electrons. The fourth-order valence-electron chi connectivity index (χ4n) is 1.62. The molecular weight excluding hydrogens is 228 g/mol. The van der Waals surface area contributed by atoms with E-state index in [0.717, 1.165) is 11.5 Å². The molecule has 0 spiro atoms. The lowest BCUT2D eigenvalue weighted by atomic mass is 10.2. The molecule has 0 fully saturated rings. The molecule has 0 aliphatic carbocycles. The molecule has 15 heavy (non-hydrogen) atoms. The van der Waals surface area contributed by atoms with E-state index in [0.29, 0.717) is 13.2 Å². The number of fused-ring (bicyclic) bond motifs is 1. The number of rotatable bonds is 1. The maximum atomic E-state index is 5.67. The van der Waals surface area contributed by atoms with Gasteiger partial charge in [0.05, 0.1) is 9.75 Å². The molecule has 2 aromatic heterocycles. The minimum atomic E-state index is 0.654. The first-order valence-electron chi connectivity index (χ1n) is 4.78. The van der Waals surface area contributed by atoms with Gasteiger partial charge in [0.1, 0.15) is 13.2 Å². The molecule has 0 aromatic carbocycles. The van der Waals surface area contributed by atoms with E-state index in [1.54, 1.807) is 22.7 Å². The molecule has 0 unspecified atom stereocenters. The molecule has 1 aliphatic rings. The minimum Gasteiger partial charge on any atom is -0.485 e. The van der Waals surface area contributed by atoms with Crippen LogP contribution < -0.4 is 9.47 Å². The van der Waals surface area contributed by atoms with Crippen LogP contribution in [0.2, 0.25) is 0 Å². The van der Waals surface area contributed by atoms with Gasteiger partial charge >= 0.3 is 0 Å². The maximum Gasteiger partial charge on any atom is 0.180 e. The molecule has 78 valence electrons. The van der Waals surface area contributed by atoms with Gasteiger partial charge in [-0.25, -0.2) is 0 Å². The number of ether oxygens (including phenoxy) is 2. The van der Waals surface area contributed by atoms with Crippen LogP contribution in [0.3, 0.4) is 0 Å². The maximum absolute atomic E-state index is 5.67. The van der Waals surface area contributed by atoms with Gasteiger partial charge in [-0.15, -0.1) is 22.7 Å². The molecule has 0 bridgehead atoms. The van der Waals surface area contributed by atoms with Gasteiger partial charge in [0.25, 0.3) is 0 Å². The van der Waals surface area contributed by atoms with Crippen LogP contribution in [0.5, 0.6) is 11.5 Å². The average molecular weight is 238 g/mol. The number of thiophene rings is 2. The molecule has 2 nitrogen and oxygen atoms in total. The number of hydrogen-bond donors (Lipinski definition) is 0. The van der Waals surface area contributed by atoms with Crippen molar-refractivity contribution in [2.45, 2.75) is 6.92 Å². The summed E-state index contributed by atoms with van der Waals surface area (Å²) < 4.78 is 11.2. The van der Waals surface area contributed by atoms with E-state index in [1.807, 2.05) is 5.38 Å². The lowest BCUT2D eigenvalue weighted by molar-refractivity contribution is 0.174. The highest BCUT2D eigenvalue weighted by Crippen LogP contribution is 2.47. The van der Waals surface area contributed by atoms with Gasteiger partial charge in [-0.1, -0.05) is 0 Å². The van der Waals surface area contributed by atoms with E-state index >= 15 is 0 Å². The normalized spacial score (nSPS) is 14.2. The summed E-state index contributed by atoms with van der Waals surface area (Å²) in [6.07, 6.45) is 0. The SMILES string of the molecule is Cc1ccsc1-c1scc2c1OCCO2. The van der Waals surface area contributed by atoms with Crippen molar-refractivity contribution in [2.24, 2.45) is 0 Å². The fraction of sp³-hybridized carbons (Fsp3) is 0.273. The zero-order valence-corrected chi connectivity index (χ0v) is 9.91. The zero-order chi connectivity index (χ0) is 10.3. The second kappa shape index (κ2) is 3.54. The Kier molecular flexibility index (Phi) is 2.18. The minimum absolute atomic E-state index is 0.654. The molecule has 3 rings (SSSR count). The molecule has 0 amide bonds. The third-order valence-electron chi connectivity index (χ3n) is 2.37. The first kappa shape index (κ1) is 9.24. The van der Waals surface area contributed by atoms with Gasteiger partial charge in [-0.05, 0) is 23.9 Å². The highest BCUT2D eigenvalue weighted by molar-refractivity contribution is 7.21. The van der Waals surface area contributed by atoms with Crippen molar-refractivity contribution < 1.29 is 9.47 Å². The molecular formula is C11H10O2S2. The van der Waals surface area contributed by atoms with Crippen molar-refractivity contribution >= 4 is 22.7 Å². The molecule has 0 saturated carbocycles. The van der Waals surface area contributed by atoms with E-state index in [9.17, 15) is 0 Å². The van der Waals surface area contributed by atoms with Crippen LogP contribution in [-0.2, 0) is 0 Å². The van der Waals surface area contributed by atoms with Gasteiger partial charge in [0, 0.05) is 5.38 Å². The Morgan fingerprint density at radius 2 is 2.00 bits per heavy atom. The van der Waals surface area contributed by atoms with Crippen LogP contribution in [-0.4, -0.2) is 13.2 Å². The second-order valence-corrected chi connectivity index (χ2v) is 5.18. The van der Waals surface area contributed by atoms with E-state index in [2.05, 4.69) is 18.4 Å². The van der Waals surface area contributed by atoms with Crippen LogP contribution >= 0.6 is 22.7 Å². The quantitative estimate of drug-likeness (QED) is 0.756. The highest BCUT2D eigenvalue weighted by Gasteiger charge is 2.21. The third kappa shape index (κ3) is 1.44. The Morgan fingerprint density at radius 1 is 1.13 bits per heavy atom. The Balaban J connectivity index is 2.13. The van der Waals surface area contributed by atoms with Crippen molar-refractivity contribution in [2.75, 3.05) is 13.2 Å². The summed E-state index contributed by atoms with van der Waals surface area (Å²) in [7, 11) is 0. The van der Waals surface area contributed by atoms with Crippen LogP contribution in [0.15, 0.2) is 16.8 Å². The van der Waals surface area contributed by atoms with E-state index in [-0.39, 0.29) is 0 Å². The standard InChI is InChI=1S/C11H10O2S2/c1-7-2-5-14-10(7)11-9-8(6-15-11)12-3-4-13-9/h2,5-6H,3-4H2,1H3. The third-order valence-corrected chi connectivity index (χ3v) is 4.49. The Bertz CT molecular complexity index is 484.